The maximum Gasteiger partial charge on any atom is 0.226 e. The number of rotatable bonds is 8. The topological polar surface area (TPSA) is 60.5 Å². The standard InChI is InChI=1S/C21H22N2O3S/c1-3-26-19-10-6-16(7-11-19)21-23-17(14-27-21)12-20(24)22-13-15-4-8-18(25-2)9-5-15/h4-11,14H,3,12-13H2,1-2H3,(H,22,24). The number of ether oxygens (including phenoxy) is 2. The smallest absolute Gasteiger partial charge is 0.226 e. The summed E-state index contributed by atoms with van der Waals surface area (Å²) < 4.78 is 10.6. The van der Waals surface area contributed by atoms with Gasteiger partial charge in [-0.3, -0.25) is 4.79 Å². The molecule has 0 unspecified atom stereocenters. The molecule has 27 heavy (non-hydrogen) atoms. The highest BCUT2D eigenvalue weighted by atomic mass is 32.1. The van der Waals surface area contributed by atoms with E-state index in [1.807, 2.05) is 60.8 Å². The van der Waals surface area contributed by atoms with Gasteiger partial charge in [0.2, 0.25) is 5.91 Å². The van der Waals surface area contributed by atoms with Gasteiger partial charge in [0.15, 0.2) is 0 Å². The summed E-state index contributed by atoms with van der Waals surface area (Å²) in [6.07, 6.45) is 0.268. The van der Waals surface area contributed by atoms with Crippen LogP contribution >= 0.6 is 11.3 Å². The molecule has 0 bridgehead atoms. The molecule has 1 aromatic heterocycles. The van der Waals surface area contributed by atoms with Gasteiger partial charge >= 0.3 is 0 Å². The number of nitrogens with zero attached hydrogens (tertiary/aromatic N) is 1. The molecular formula is C21H22N2O3S. The first-order valence-electron chi connectivity index (χ1n) is 8.75. The summed E-state index contributed by atoms with van der Waals surface area (Å²) in [7, 11) is 1.63. The monoisotopic (exact) mass is 382 g/mol. The van der Waals surface area contributed by atoms with E-state index in [0.717, 1.165) is 33.3 Å². The largest absolute Gasteiger partial charge is 0.497 e. The lowest BCUT2D eigenvalue weighted by Gasteiger charge is -2.05. The minimum atomic E-state index is -0.0469. The lowest BCUT2D eigenvalue weighted by Crippen LogP contribution is -2.24. The van der Waals surface area contributed by atoms with Crippen molar-refractivity contribution in [2.24, 2.45) is 0 Å². The van der Waals surface area contributed by atoms with Gasteiger partial charge in [0.25, 0.3) is 0 Å². The average molecular weight is 382 g/mol. The molecule has 0 atom stereocenters. The van der Waals surface area contributed by atoms with Gasteiger partial charge in [-0.05, 0) is 48.9 Å². The number of carbonyl (C=O) groups excluding carboxylic acids is 1. The molecule has 0 saturated heterocycles. The second-order valence-corrected chi connectivity index (χ2v) is 6.76. The first-order chi connectivity index (χ1) is 13.2. The second kappa shape index (κ2) is 9.19. The van der Waals surface area contributed by atoms with Crippen LogP contribution in [0.4, 0.5) is 0 Å². The second-order valence-electron chi connectivity index (χ2n) is 5.90. The Labute approximate surface area is 163 Å². The number of hydrogen-bond donors (Lipinski definition) is 1. The van der Waals surface area contributed by atoms with Gasteiger partial charge in [-0.2, -0.15) is 0 Å². The Hall–Kier alpha value is -2.86. The van der Waals surface area contributed by atoms with Crippen LogP contribution in [0.25, 0.3) is 10.6 Å². The van der Waals surface area contributed by atoms with Crippen molar-refractivity contribution in [1.29, 1.82) is 0 Å². The first kappa shape index (κ1) is 18.9. The molecule has 1 amide bonds. The quantitative estimate of drug-likeness (QED) is 0.638. The van der Waals surface area contributed by atoms with Gasteiger partial charge in [0.05, 0.1) is 25.8 Å². The van der Waals surface area contributed by atoms with Gasteiger partial charge in [0.1, 0.15) is 16.5 Å². The molecule has 3 rings (SSSR count). The van der Waals surface area contributed by atoms with Crippen molar-refractivity contribution in [2.45, 2.75) is 19.9 Å². The molecule has 0 saturated carbocycles. The van der Waals surface area contributed by atoms with E-state index < -0.39 is 0 Å². The van der Waals surface area contributed by atoms with Gasteiger partial charge in [-0.1, -0.05) is 12.1 Å². The summed E-state index contributed by atoms with van der Waals surface area (Å²) >= 11 is 1.54. The van der Waals surface area contributed by atoms with Crippen molar-refractivity contribution >= 4 is 17.2 Å². The Morgan fingerprint density at radius 2 is 1.78 bits per heavy atom. The van der Waals surface area contributed by atoms with Crippen molar-refractivity contribution in [1.82, 2.24) is 10.3 Å². The maximum absolute atomic E-state index is 12.2. The van der Waals surface area contributed by atoms with Crippen molar-refractivity contribution in [2.75, 3.05) is 13.7 Å². The number of methoxy groups -OCH3 is 1. The summed E-state index contributed by atoms with van der Waals surface area (Å²) in [4.78, 5) is 16.8. The van der Waals surface area contributed by atoms with Crippen LogP contribution in [0.3, 0.4) is 0 Å². The highest BCUT2D eigenvalue weighted by Crippen LogP contribution is 2.26. The van der Waals surface area contributed by atoms with E-state index in [4.69, 9.17) is 9.47 Å². The number of carbonyl (C=O) groups is 1. The van der Waals surface area contributed by atoms with Crippen LogP contribution < -0.4 is 14.8 Å². The van der Waals surface area contributed by atoms with E-state index in [0.29, 0.717) is 13.2 Å². The Morgan fingerprint density at radius 1 is 1.07 bits per heavy atom. The van der Waals surface area contributed by atoms with Crippen LogP contribution in [-0.4, -0.2) is 24.6 Å². The number of hydrogen-bond acceptors (Lipinski definition) is 5. The number of benzene rings is 2. The summed E-state index contributed by atoms with van der Waals surface area (Å²) in [6, 6.07) is 15.5. The molecule has 1 N–H and O–H groups in total. The van der Waals surface area contributed by atoms with Crippen molar-refractivity contribution < 1.29 is 14.3 Å². The third-order valence-corrected chi connectivity index (χ3v) is 4.89. The molecule has 6 heteroatoms. The fourth-order valence-electron chi connectivity index (χ4n) is 2.55. The SMILES string of the molecule is CCOc1ccc(-c2nc(CC(=O)NCc3ccc(OC)cc3)cs2)cc1. The molecule has 5 nitrogen and oxygen atoms in total. The minimum absolute atomic E-state index is 0.0469. The zero-order valence-electron chi connectivity index (χ0n) is 15.4. The van der Waals surface area contributed by atoms with Crippen LogP contribution in [0.1, 0.15) is 18.2 Å². The molecule has 1 heterocycles. The van der Waals surface area contributed by atoms with Gasteiger partial charge in [-0.15, -0.1) is 11.3 Å². The van der Waals surface area contributed by atoms with E-state index in [2.05, 4.69) is 10.3 Å². The number of nitrogens with one attached hydrogen (secondary N) is 1. The van der Waals surface area contributed by atoms with E-state index in [1.165, 1.54) is 11.3 Å². The van der Waals surface area contributed by atoms with Crippen LogP contribution in [0, 0.1) is 0 Å². The lowest BCUT2D eigenvalue weighted by atomic mass is 10.2. The highest BCUT2D eigenvalue weighted by molar-refractivity contribution is 7.13. The van der Waals surface area contributed by atoms with Crippen LogP contribution in [-0.2, 0) is 17.8 Å². The van der Waals surface area contributed by atoms with Crippen molar-refractivity contribution in [3.8, 4) is 22.1 Å². The Morgan fingerprint density at radius 3 is 2.44 bits per heavy atom. The van der Waals surface area contributed by atoms with E-state index >= 15 is 0 Å². The van der Waals surface area contributed by atoms with E-state index in [9.17, 15) is 4.79 Å². The summed E-state index contributed by atoms with van der Waals surface area (Å²) in [5.74, 6) is 1.60. The lowest BCUT2D eigenvalue weighted by molar-refractivity contribution is -0.120. The number of aromatic nitrogens is 1. The third kappa shape index (κ3) is 5.31. The molecule has 0 aliphatic carbocycles. The minimum Gasteiger partial charge on any atom is -0.497 e. The molecule has 0 aliphatic rings. The Kier molecular flexibility index (Phi) is 6.44. The predicted octanol–water partition coefficient (Wildman–Crippen LogP) is 4.08. The third-order valence-electron chi connectivity index (χ3n) is 3.95. The molecule has 0 fully saturated rings. The van der Waals surface area contributed by atoms with Crippen molar-refractivity contribution in [3.63, 3.8) is 0 Å². The van der Waals surface area contributed by atoms with Crippen LogP contribution in [0.5, 0.6) is 11.5 Å². The molecule has 0 spiro atoms. The van der Waals surface area contributed by atoms with Gasteiger partial charge < -0.3 is 14.8 Å². The van der Waals surface area contributed by atoms with E-state index in [-0.39, 0.29) is 12.3 Å². The van der Waals surface area contributed by atoms with Gasteiger partial charge in [-0.25, -0.2) is 4.98 Å². The molecule has 0 radical (unpaired) electrons. The zero-order chi connectivity index (χ0) is 19.1. The fourth-order valence-corrected chi connectivity index (χ4v) is 3.38. The maximum atomic E-state index is 12.2. The number of thiazole rings is 1. The average Bonchev–Trinajstić information content (AvgIpc) is 3.16. The summed E-state index contributed by atoms with van der Waals surface area (Å²) in [5, 5.41) is 5.75. The normalized spacial score (nSPS) is 10.4. The molecule has 140 valence electrons. The molecule has 0 aliphatic heterocycles. The zero-order valence-corrected chi connectivity index (χ0v) is 16.2. The molecule has 3 aromatic rings. The first-order valence-corrected chi connectivity index (χ1v) is 9.63. The van der Waals surface area contributed by atoms with Crippen LogP contribution in [0.2, 0.25) is 0 Å². The predicted molar refractivity (Wildman–Crippen MR) is 107 cm³/mol. The van der Waals surface area contributed by atoms with Gasteiger partial charge in [0, 0.05) is 17.5 Å². The van der Waals surface area contributed by atoms with Crippen LogP contribution in [0.15, 0.2) is 53.9 Å². The fraction of sp³-hybridized carbons (Fsp3) is 0.238. The Balaban J connectivity index is 1.54. The molecule has 2 aromatic carbocycles. The highest BCUT2D eigenvalue weighted by Gasteiger charge is 2.09. The summed E-state index contributed by atoms with van der Waals surface area (Å²) in [6.45, 7) is 3.09. The summed E-state index contributed by atoms with van der Waals surface area (Å²) in [5.41, 5.74) is 2.82. The van der Waals surface area contributed by atoms with Crippen molar-refractivity contribution in [3.05, 3.63) is 65.2 Å². The number of amides is 1. The molecular weight excluding hydrogens is 360 g/mol. The Bertz CT molecular complexity index is 873. The van der Waals surface area contributed by atoms with E-state index in [1.54, 1.807) is 7.11 Å².